The topological polar surface area (TPSA) is 231 Å². The summed E-state index contributed by atoms with van der Waals surface area (Å²) in [6, 6.07) is 4.49. The molecular formula is C31H43N3O14. The number of amides is 3. The molecular weight excluding hydrogens is 638 g/mol. The number of carboxylic acids is 1. The summed E-state index contributed by atoms with van der Waals surface area (Å²) in [5.74, 6) is -5.90. The molecule has 0 aromatic heterocycles. The number of hydrogen-bond donors (Lipinski definition) is 4. The minimum Gasteiger partial charge on any atom is -0.480 e. The minimum atomic E-state index is -1.74. The fraction of sp³-hybridized carbons (Fsp3) is 0.581. The van der Waals surface area contributed by atoms with E-state index in [1.165, 1.54) is 6.92 Å². The molecule has 266 valence electrons. The molecule has 0 aliphatic carbocycles. The van der Waals surface area contributed by atoms with Gasteiger partial charge in [-0.05, 0) is 18.4 Å². The van der Waals surface area contributed by atoms with E-state index in [1.54, 1.807) is 44.2 Å². The van der Waals surface area contributed by atoms with Crippen LogP contribution in [0.2, 0.25) is 0 Å². The van der Waals surface area contributed by atoms with Gasteiger partial charge in [0, 0.05) is 27.7 Å². The van der Waals surface area contributed by atoms with E-state index in [1.807, 2.05) is 0 Å². The molecule has 1 aromatic rings. The number of esters is 3. The highest BCUT2D eigenvalue weighted by Crippen LogP contribution is 2.29. The Bertz CT molecular complexity index is 1310. The zero-order valence-electron chi connectivity index (χ0n) is 27.8. The van der Waals surface area contributed by atoms with Crippen molar-refractivity contribution in [3.05, 3.63) is 35.9 Å². The van der Waals surface area contributed by atoms with E-state index in [0.29, 0.717) is 5.56 Å². The monoisotopic (exact) mass is 681 g/mol. The predicted molar refractivity (Wildman–Crippen MR) is 163 cm³/mol. The van der Waals surface area contributed by atoms with Crippen molar-refractivity contribution in [2.45, 2.75) is 104 Å². The molecule has 1 aliphatic rings. The Morgan fingerprint density at radius 3 is 1.94 bits per heavy atom. The van der Waals surface area contributed by atoms with Gasteiger partial charge in [-0.1, -0.05) is 44.2 Å². The summed E-state index contributed by atoms with van der Waals surface area (Å²) in [5, 5.41) is 17.4. The molecule has 0 spiro atoms. The fourth-order valence-electron chi connectivity index (χ4n) is 4.75. The second kappa shape index (κ2) is 18.5. The maximum Gasteiger partial charge on any atom is 0.408 e. The Kier molecular flexibility index (Phi) is 15.2. The standard InChI is InChI=1S/C31H43N3O14/c1-15(2)23(34-31(42)44-13-21-11-9-8-10-12-21)28(39)33-24(29(40)41)16(3)45-30-25(32-17(4)35)27(47-20(7)38)26(46-19(6)37)22(48-30)14-43-18(5)36/h8-12,15-16,22-27,30H,13-14H2,1-7H3,(H,32,35)(H,33,39)(H,34,42)(H,40,41)/t16-,22-,23+,24+,25-,26+,27-,30+/m1/s1. The van der Waals surface area contributed by atoms with Gasteiger partial charge < -0.3 is 49.5 Å². The molecule has 0 radical (unpaired) electrons. The van der Waals surface area contributed by atoms with E-state index in [9.17, 15) is 38.7 Å². The Morgan fingerprint density at radius 1 is 0.812 bits per heavy atom. The second-order valence-corrected chi connectivity index (χ2v) is 11.3. The third-order valence-corrected chi connectivity index (χ3v) is 6.89. The molecule has 17 heteroatoms. The summed E-state index contributed by atoms with van der Waals surface area (Å²) in [5.41, 5.74) is 0.711. The number of carbonyl (C=O) groups excluding carboxylic acids is 6. The Labute approximate surface area is 277 Å². The maximum absolute atomic E-state index is 13.3. The molecule has 1 aromatic carbocycles. The van der Waals surface area contributed by atoms with Crippen molar-refractivity contribution >= 4 is 41.8 Å². The van der Waals surface area contributed by atoms with Crippen LogP contribution in [0.3, 0.4) is 0 Å². The number of aliphatic carboxylic acids is 1. The van der Waals surface area contributed by atoms with Gasteiger partial charge in [-0.15, -0.1) is 0 Å². The molecule has 4 N–H and O–H groups in total. The van der Waals surface area contributed by atoms with Gasteiger partial charge in [0.15, 0.2) is 24.5 Å². The van der Waals surface area contributed by atoms with Crippen molar-refractivity contribution < 1.29 is 67.1 Å². The molecule has 3 amide bonds. The summed E-state index contributed by atoms with van der Waals surface area (Å²) in [6.45, 7) is 8.38. The predicted octanol–water partition coefficient (Wildman–Crippen LogP) is 0.568. The number of alkyl carbamates (subject to hydrolysis) is 1. The van der Waals surface area contributed by atoms with Crippen molar-refractivity contribution in [3.8, 4) is 0 Å². The Morgan fingerprint density at radius 2 is 1.42 bits per heavy atom. The van der Waals surface area contributed by atoms with Crippen LogP contribution in [-0.2, 0) is 63.8 Å². The SMILES string of the molecule is CC(=O)N[C@H]1[C@@H](O[C@H](C)[C@H](NC(=O)[C@@H](NC(=O)OCc2ccccc2)C(C)C)C(=O)O)O[C@H](COC(C)=O)[C@H](OC(C)=O)[C@@H]1OC(C)=O. The molecule has 0 saturated carbocycles. The third-order valence-electron chi connectivity index (χ3n) is 6.89. The highest BCUT2D eigenvalue weighted by Gasteiger charge is 2.52. The van der Waals surface area contributed by atoms with Gasteiger partial charge in [0.1, 0.15) is 31.4 Å². The number of rotatable bonds is 15. The van der Waals surface area contributed by atoms with Gasteiger partial charge in [0.05, 0.1) is 6.10 Å². The smallest absolute Gasteiger partial charge is 0.408 e. The summed E-state index contributed by atoms with van der Waals surface area (Å²) >= 11 is 0. The molecule has 0 bridgehead atoms. The van der Waals surface area contributed by atoms with E-state index in [0.717, 1.165) is 27.7 Å². The first kappa shape index (κ1) is 39.4. The highest BCUT2D eigenvalue weighted by molar-refractivity contribution is 5.89. The quantitative estimate of drug-likeness (QED) is 0.147. The molecule has 48 heavy (non-hydrogen) atoms. The van der Waals surface area contributed by atoms with E-state index < -0.39 is 103 Å². The summed E-state index contributed by atoms with van der Waals surface area (Å²) in [7, 11) is 0. The van der Waals surface area contributed by atoms with E-state index in [2.05, 4.69) is 16.0 Å². The summed E-state index contributed by atoms with van der Waals surface area (Å²) < 4.78 is 32.8. The molecule has 1 fully saturated rings. The van der Waals surface area contributed by atoms with Crippen LogP contribution >= 0.6 is 0 Å². The average molecular weight is 682 g/mol. The fourth-order valence-corrected chi connectivity index (χ4v) is 4.75. The molecule has 1 aliphatic heterocycles. The van der Waals surface area contributed by atoms with E-state index in [-0.39, 0.29) is 6.61 Å². The first-order valence-corrected chi connectivity index (χ1v) is 15.1. The Hall–Kier alpha value is -4.77. The summed E-state index contributed by atoms with van der Waals surface area (Å²) in [4.78, 5) is 86.0. The summed E-state index contributed by atoms with van der Waals surface area (Å²) in [6.07, 6.45) is -8.05. The number of nitrogens with one attached hydrogen (secondary N) is 3. The molecule has 2 rings (SSSR count). The van der Waals surface area contributed by atoms with Gasteiger partial charge in [-0.25, -0.2) is 9.59 Å². The first-order chi connectivity index (χ1) is 22.5. The van der Waals surface area contributed by atoms with Crippen LogP contribution in [-0.4, -0.2) is 102 Å². The first-order valence-electron chi connectivity index (χ1n) is 15.1. The number of carboxylic acid groups (broad SMARTS) is 1. The van der Waals surface area contributed by atoms with Crippen molar-refractivity contribution in [1.82, 2.24) is 16.0 Å². The zero-order valence-corrected chi connectivity index (χ0v) is 27.8. The normalized spacial score (nSPS) is 22.2. The lowest BCUT2D eigenvalue weighted by atomic mass is 9.95. The lowest BCUT2D eigenvalue weighted by Gasteiger charge is -2.45. The van der Waals surface area contributed by atoms with Crippen LogP contribution in [0.1, 0.15) is 54.0 Å². The lowest BCUT2D eigenvalue weighted by molar-refractivity contribution is -0.287. The maximum atomic E-state index is 13.3. The van der Waals surface area contributed by atoms with Gasteiger partial charge >= 0.3 is 30.0 Å². The highest BCUT2D eigenvalue weighted by atomic mass is 16.7. The third kappa shape index (κ3) is 12.4. The molecule has 8 atom stereocenters. The van der Waals surface area contributed by atoms with E-state index in [4.69, 9.17) is 28.4 Å². The second-order valence-electron chi connectivity index (χ2n) is 11.3. The van der Waals surface area contributed by atoms with Crippen molar-refractivity contribution in [3.63, 3.8) is 0 Å². The van der Waals surface area contributed by atoms with Crippen LogP contribution < -0.4 is 16.0 Å². The van der Waals surface area contributed by atoms with Gasteiger partial charge in [-0.2, -0.15) is 0 Å². The van der Waals surface area contributed by atoms with Gasteiger partial charge in [-0.3, -0.25) is 24.0 Å². The zero-order chi connectivity index (χ0) is 36.1. The number of ether oxygens (including phenoxy) is 6. The van der Waals surface area contributed by atoms with Crippen molar-refractivity contribution in [2.75, 3.05) is 6.61 Å². The molecule has 0 unspecified atom stereocenters. The largest absolute Gasteiger partial charge is 0.480 e. The number of benzene rings is 1. The molecule has 1 heterocycles. The van der Waals surface area contributed by atoms with Crippen LogP contribution in [0.25, 0.3) is 0 Å². The van der Waals surface area contributed by atoms with Crippen LogP contribution in [0.15, 0.2) is 30.3 Å². The number of carbonyl (C=O) groups is 7. The number of hydrogen-bond acceptors (Lipinski definition) is 13. The van der Waals surface area contributed by atoms with Gasteiger partial charge in [0.2, 0.25) is 11.8 Å². The average Bonchev–Trinajstić information content (AvgIpc) is 2.98. The van der Waals surface area contributed by atoms with Gasteiger partial charge in [0.25, 0.3) is 0 Å². The lowest BCUT2D eigenvalue weighted by Crippen LogP contribution is -2.67. The van der Waals surface area contributed by atoms with Crippen molar-refractivity contribution in [2.24, 2.45) is 5.92 Å². The minimum absolute atomic E-state index is 0.0658. The van der Waals surface area contributed by atoms with Crippen LogP contribution in [0, 0.1) is 5.92 Å². The van der Waals surface area contributed by atoms with Crippen LogP contribution in [0.5, 0.6) is 0 Å². The Balaban J connectivity index is 2.31. The van der Waals surface area contributed by atoms with Crippen LogP contribution in [0.4, 0.5) is 4.79 Å². The molecule has 1 saturated heterocycles. The molecule has 17 nitrogen and oxygen atoms in total. The van der Waals surface area contributed by atoms with Crippen molar-refractivity contribution in [1.29, 1.82) is 0 Å². The van der Waals surface area contributed by atoms with E-state index >= 15 is 0 Å².